The predicted octanol–water partition coefficient (Wildman–Crippen LogP) is 1.25. The molecule has 17 heavy (non-hydrogen) atoms. The van der Waals surface area contributed by atoms with Gasteiger partial charge >= 0.3 is 6.18 Å². The number of hydrogen-bond donors (Lipinski definition) is 1. The summed E-state index contributed by atoms with van der Waals surface area (Å²) in [7, 11) is 0. The molecular formula is C9H10F3N3O2. The standard InChI is InChI=1S/C9H10F3N3O2/c10-9(11,12)8-14-6(13)3-7(15-8)17-5-1-2-16-4-5/h3,5H,1-2,4H2,(H2,13,14,15). The van der Waals surface area contributed by atoms with Gasteiger partial charge in [0.05, 0.1) is 13.2 Å². The van der Waals surface area contributed by atoms with E-state index in [-0.39, 0.29) is 17.8 Å². The molecule has 0 saturated carbocycles. The lowest BCUT2D eigenvalue weighted by Crippen LogP contribution is -2.19. The zero-order chi connectivity index (χ0) is 12.5. The normalized spacial score (nSPS) is 20.5. The molecule has 0 bridgehead atoms. The van der Waals surface area contributed by atoms with E-state index in [0.29, 0.717) is 19.6 Å². The molecule has 2 N–H and O–H groups in total. The first-order chi connectivity index (χ1) is 7.95. The largest absolute Gasteiger partial charge is 0.472 e. The lowest BCUT2D eigenvalue weighted by molar-refractivity contribution is -0.145. The van der Waals surface area contributed by atoms with Crippen molar-refractivity contribution in [2.45, 2.75) is 18.7 Å². The van der Waals surface area contributed by atoms with Crippen molar-refractivity contribution in [3.05, 3.63) is 11.9 Å². The summed E-state index contributed by atoms with van der Waals surface area (Å²) in [5.74, 6) is -1.76. The van der Waals surface area contributed by atoms with E-state index in [0.717, 1.165) is 6.07 Å². The molecule has 0 aliphatic carbocycles. The molecule has 0 amide bonds. The third kappa shape index (κ3) is 2.96. The van der Waals surface area contributed by atoms with Crippen LogP contribution in [-0.4, -0.2) is 29.3 Å². The van der Waals surface area contributed by atoms with Gasteiger partial charge < -0.3 is 15.2 Å². The maximum absolute atomic E-state index is 12.4. The molecule has 1 saturated heterocycles. The average molecular weight is 249 g/mol. The van der Waals surface area contributed by atoms with Crippen LogP contribution in [0.15, 0.2) is 6.07 Å². The van der Waals surface area contributed by atoms with Crippen molar-refractivity contribution in [1.29, 1.82) is 0 Å². The van der Waals surface area contributed by atoms with Gasteiger partial charge in [-0.05, 0) is 0 Å². The second-order valence-electron chi connectivity index (χ2n) is 3.56. The monoisotopic (exact) mass is 249 g/mol. The number of anilines is 1. The Balaban J connectivity index is 2.19. The van der Waals surface area contributed by atoms with E-state index in [9.17, 15) is 13.2 Å². The van der Waals surface area contributed by atoms with Gasteiger partial charge in [-0.15, -0.1) is 0 Å². The van der Waals surface area contributed by atoms with E-state index < -0.39 is 12.0 Å². The van der Waals surface area contributed by atoms with Crippen molar-refractivity contribution in [1.82, 2.24) is 9.97 Å². The molecule has 1 fully saturated rings. The smallest absolute Gasteiger partial charge is 0.451 e. The van der Waals surface area contributed by atoms with Gasteiger partial charge in [0.25, 0.3) is 0 Å². The van der Waals surface area contributed by atoms with Gasteiger partial charge in [-0.1, -0.05) is 0 Å². The highest BCUT2D eigenvalue weighted by molar-refractivity contribution is 5.33. The molecule has 2 rings (SSSR count). The summed E-state index contributed by atoms with van der Waals surface area (Å²) in [6.45, 7) is 0.864. The molecule has 5 nitrogen and oxygen atoms in total. The fourth-order valence-electron chi connectivity index (χ4n) is 1.41. The summed E-state index contributed by atoms with van der Waals surface area (Å²) in [4.78, 5) is 6.38. The molecule has 1 aromatic heterocycles. The lowest BCUT2D eigenvalue weighted by atomic mass is 10.3. The van der Waals surface area contributed by atoms with Crippen LogP contribution in [0.3, 0.4) is 0 Å². The van der Waals surface area contributed by atoms with Gasteiger partial charge in [0.1, 0.15) is 11.9 Å². The molecule has 94 valence electrons. The number of hydrogen-bond acceptors (Lipinski definition) is 5. The summed E-state index contributed by atoms with van der Waals surface area (Å²) in [5.41, 5.74) is 5.27. The number of alkyl halides is 3. The quantitative estimate of drug-likeness (QED) is 0.854. The van der Waals surface area contributed by atoms with Crippen molar-refractivity contribution >= 4 is 5.82 Å². The van der Waals surface area contributed by atoms with Crippen LogP contribution in [0, 0.1) is 0 Å². The maximum atomic E-state index is 12.4. The fraction of sp³-hybridized carbons (Fsp3) is 0.556. The number of halogens is 3. The topological polar surface area (TPSA) is 70.3 Å². The second kappa shape index (κ2) is 4.36. The van der Waals surface area contributed by atoms with Crippen LogP contribution >= 0.6 is 0 Å². The summed E-state index contributed by atoms with van der Waals surface area (Å²) in [6, 6.07) is 1.16. The molecule has 0 radical (unpaired) electrons. The third-order valence-corrected chi connectivity index (χ3v) is 2.15. The zero-order valence-corrected chi connectivity index (χ0v) is 8.70. The first-order valence-corrected chi connectivity index (χ1v) is 4.91. The van der Waals surface area contributed by atoms with Crippen molar-refractivity contribution < 1.29 is 22.6 Å². The van der Waals surface area contributed by atoms with Crippen molar-refractivity contribution in [2.75, 3.05) is 18.9 Å². The summed E-state index contributed by atoms with van der Waals surface area (Å²) in [6.07, 6.45) is -4.31. The Labute approximate surface area is 94.8 Å². The number of ether oxygens (including phenoxy) is 2. The van der Waals surface area contributed by atoms with E-state index >= 15 is 0 Å². The Morgan fingerprint density at radius 2 is 2.18 bits per heavy atom. The Morgan fingerprint density at radius 3 is 2.76 bits per heavy atom. The highest BCUT2D eigenvalue weighted by Gasteiger charge is 2.35. The van der Waals surface area contributed by atoms with E-state index in [1.165, 1.54) is 0 Å². The fourth-order valence-corrected chi connectivity index (χ4v) is 1.41. The minimum absolute atomic E-state index is 0.180. The maximum Gasteiger partial charge on any atom is 0.451 e. The van der Waals surface area contributed by atoms with Crippen LogP contribution in [0.25, 0.3) is 0 Å². The molecular weight excluding hydrogens is 239 g/mol. The van der Waals surface area contributed by atoms with Gasteiger partial charge in [-0.2, -0.15) is 18.2 Å². The van der Waals surface area contributed by atoms with Gasteiger partial charge in [0.2, 0.25) is 11.7 Å². The van der Waals surface area contributed by atoms with Crippen LogP contribution in [-0.2, 0) is 10.9 Å². The molecule has 2 heterocycles. The second-order valence-corrected chi connectivity index (χ2v) is 3.56. The van der Waals surface area contributed by atoms with Crippen molar-refractivity contribution in [3.63, 3.8) is 0 Å². The Morgan fingerprint density at radius 1 is 1.41 bits per heavy atom. The van der Waals surface area contributed by atoms with Gasteiger partial charge in [-0.25, -0.2) is 4.98 Å². The number of nitrogen functional groups attached to an aromatic ring is 1. The molecule has 1 unspecified atom stereocenters. The molecule has 1 aromatic rings. The van der Waals surface area contributed by atoms with Crippen LogP contribution in [0.2, 0.25) is 0 Å². The summed E-state index contributed by atoms with van der Waals surface area (Å²) < 4.78 is 47.5. The van der Waals surface area contributed by atoms with Crippen molar-refractivity contribution in [3.8, 4) is 5.88 Å². The summed E-state index contributed by atoms with van der Waals surface area (Å²) >= 11 is 0. The minimum Gasteiger partial charge on any atom is -0.472 e. The van der Waals surface area contributed by atoms with E-state index in [2.05, 4.69) is 9.97 Å². The van der Waals surface area contributed by atoms with Crippen molar-refractivity contribution in [2.24, 2.45) is 0 Å². The Bertz CT molecular complexity index is 405. The Hall–Kier alpha value is -1.57. The van der Waals surface area contributed by atoms with Crippen LogP contribution in [0.5, 0.6) is 5.88 Å². The first-order valence-electron chi connectivity index (χ1n) is 4.91. The SMILES string of the molecule is Nc1cc(OC2CCOC2)nc(C(F)(F)F)n1. The zero-order valence-electron chi connectivity index (χ0n) is 8.70. The van der Waals surface area contributed by atoms with E-state index in [1.807, 2.05) is 0 Å². The molecule has 8 heteroatoms. The summed E-state index contributed by atoms with van der Waals surface area (Å²) in [5, 5.41) is 0. The molecule has 0 spiro atoms. The van der Waals surface area contributed by atoms with E-state index in [1.54, 1.807) is 0 Å². The van der Waals surface area contributed by atoms with Crippen LogP contribution in [0.4, 0.5) is 19.0 Å². The van der Waals surface area contributed by atoms with Crippen LogP contribution < -0.4 is 10.5 Å². The molecule has 1 aliphatic heterocycles. The van der Waals surface area contributed by atoms with Crippen LogP contribution in [0.1, 0.15) is 12.2 Å². The predicted molar refractivity (Wildman–Crippen MR) is 51.3 cm³/mol. The number of rotatable bonds is 2. The lowest BCUT2D eigenvalue weighted by Gasteiger charge is -2.12. The number of aromatic nitrogens is 2. The highest BCUT2D eigenvalue weighted by Crippen LogP contribution is 2.28. The molecule has 1 aliphatic rings. The third-order valence-electron chi connectivity index (χ3n) is 2.15. The molecule has 1 atom stereocenters. The average Bonchev–Trinajstić information content (AvgIpc) is 2.68. The molecule has 0 aromatic carbocycles. The highest BCUT2D eigenvalue weighted by atomic mass is 19.4. The first kappa shape index (κ1) is 11.9. The van der Waals surface area contributed by atoms with Gasteiger partial charge in [0, 0.05) is 12.5 Å². The van der Waals surface area contributed by atoms with Gasteiger partial charge in [-0.3, -0.25) is 0 Å². The van der Waals surface area contributed by atoms with Gasteiger partial charge in [0.15, 0.2) is 0 Å². The number of nitrogens with zero attached hydrogens (tertiary/aromatic N) is 2. The Kier molecular flexibility index (Phi) is 3.05. The minimum atomic E-state index is -4.64. The number of nitrogens with two attached hydrogens (primary N) is 1. The van der Waals surface area contributed by atoms with E-state index in [4.69, 9.17) is 15.2 Å².